The number of hydrogen-bond acceptors (Lipinski definition) is 3. The molecule has 3 atom stereocenters. The molecule has 3 unspecified atom stereocenters. The van der Waals surface area contributed by atoms with Crippen molar-refractivity contribution >= 4 is 0 Å². The van der Waals surface area contributed by atoms with Gasteiger partial charge in [-0.25, -0.2) is 0 Å². The molecule has 0 heterocycles. The highest BCUT2D eigenvalue weighted by molar-refractivity contribution is 5.13. The monoisotopic (exact) mass is 263 g/mol. The van der Waals surface area contributed by atoms with Crippen LogP contribution in [0, 0.1) is 5.41 Å². The Hall–Kier alpha value is -0.900. The number of nitrogens with one attached hydrogen (secondary N) is 1. The molecule has 0 aromatic heterocycles. The van der Waals surface area contributed by atoms with Crippen LogP contribution in [0.2, 0.25) is 0 Å². The molecule has 1 aromatic rings. The van der Waals surface area contributed by atoms with Crippen LogP contribution in [0.25, 0.3) is 0 Å². The zero-order chi connectivity index (χ0) is 13.7. The first kappa shape index (κ1) is 14.5. The molecule has 1 saturated carbocycles. The highest BCUT2D eigenvalue weighted by Crippen LogP contribution is 2.45. The van der Waals surface area contributed by atoms with Crippen molar-refractivity contribution < 1.29 is 9.57 Å². The maximum Gasteiger partial charge on any atom is 0.0933 e. The summed E-state index contributed by atoms with van der Waals surface area (Å²) in [5, 5.41) is 0. The number of hydroxylamine groups is 1. The smallest absolute Gasteiger partial charge is 0.0933 e. The third kappa shape index (κ3) is 3.16. The summed E-state index contributed by atoms with van der Waals surface area (Å²) in [4.78, 5) is 5.64. The first-order valence-electron chi connectivity index (χ1n) is 7.23. The normalized spacial score (nSPS) is 30.1. The van der Waals surface area contributed by atoms with E-state index in [2.05, 4.69) is 38.4 Å². The van der Waals surface area contributed by atoms with Crippen LogP contribution < -0.4 is 5.48 Å². The van der Waals surface area contributed by atoms with Gasteiger partial charge in [0.05, 0.1) is 12.7 Å². The van der Waals surface area contributed by atoms with Gasteiger partial charge in [-0.05, 0) is 25.3 Å². The van der Waals surface area contributed by atoms with Crippen molar-refractivity contribution in [1.29, 1.82) is 0 Å². The first-order valence-corrected chi connectivity index (χ1v) is 7.23. The van der Waals surface area contributed by atoms with E-state index < -0.39 is 0 Å². The lowest BCUT2D eigenvalue weighted by Crippen LogP contribution is -2.62. The summed E-state index contributed by atoms with van der Waals surface area (Å²) >= 11 is 0. The first-order chi connectivity index (χ1) is 9.20. The van der Waals surface area contributed by atoms with E-state index in [1.807, 2.05) is 18.2 Å². The molecule has 106 valence electrons. The van der Waals surface area contributed by atoms with Crippen LogP contribution in [0.15, 0.2) is 30.3 Å². The van der Waals surface area contributed by atoms with E-state index in [1.54, 1.807) is 0 Å². The third-order valence-electron chi connectivity index (χ3n) is 4.42. The second kappa shape index (κ2) is 6.51. The predicted molar refractivity (Wildman–Crippen MR) is 76.6 cm³/mol. The average Bonchev–Trinajstić information content (AvgIpc) is 2.45. The van der Waals surface area contributed by atoms with Crippen LogP contribution in [0.3, 0.4) is 0 Å². The summed E-state index contributed by atoms with van der Waals surface area (Å²) in [5.41, 5.74) is 4.59. The third-order valence-corrected chi connectivity index (χ3v) is 4.42. The van der Waals surface area contributed by atoms with Gasteiger partial charge in [-0.15, -0.1) is 0 Å². The molecule has 1 aliphatic carbocycles. The zero-order valence-corrected chi connectivity index (χ0v) is 12.2. The Morgan fingerprint density at radius 1 is 1.26 bits per heavy atom. The highest BCUT2D eigenvalue weighted by Gasteiger charge is 2.51. The van der Waals surface area contributed by atoms with Crippen molar-refractivity contribution in [2.45, 2.75) is 52.4 Å². The molecule has 0 spiro atoms. The lowest BCUT2D eigenvalue weighted by Gasteiger charge is -2.53. The van der Waals surface area contributed by atoms with Gasteiger partial charge in [0.1, 0.15) is 0 Å². The fourth-order valence-corrected chi connectivity index (χ4v) is 2.73. The Bertz CT molecular complexity index is 382. The second-order valence-electron chi connectivity index (χ2n) is 5.48. The minimum atomic E-state index is 0.187. The lowest BCUT2D eigenvalue weighted by atomic mass is 9.62. The van der Waals surface area contributed by atoms with Crippen molar-refractivity contribution in [2.24, 2.45) is 5.41 Å². The molecule has 3 heteroatoms. The van der Waals surface area contributed by atoms with Crippen LogP contribution in [-0.2, 0) is 16.2 Å². The van der Waals surface area contributed by atoms with Crippen molar-refractivity contribution in [1.82, 2.24) is 5.48 Å². The zero-order valence-electron chi connectivity index (χ0n) is 12.2. The summed E-state index contributed by atoms with van der Waals surface area (Å²) in [6.07, 6.45) is 2.50. The summed E-state index contributed by atoms with van der Waals surface area (Å²) < 4.78 is 5.78. The molecule has 0 aliphatic heterocycles. The van der Waals surface area contributed by atoms with E-state index in [1.165, 1.54) is 5.56 Å². The average molecular weight is 263 g/mol. The molecule has 0 bridgehead atoms. The van der Waals surface area contributed by atoms with Crippen molar-refractivity contribution in [3.63, 3.8) is 0 Å². The lowest BCUT2D eigenvalue weighted by molar-refractivity contribution is -0.167. The maximum absolute atomic E-state index is 5.78. The largest absolute Gasteiger partial charge is 0.378 e. The van der Waals surface area contributed by atoms with Gasteiger partial charge >= 0.3 is 0 Å². The van der Waals surface area contributed by atoms with E-state index >= 15 is 0 Å². The van der Waals surface area contributed by atoms with Crippen LogP contribution in [0.4, 0.5) is 0 Å². The van der Waals surface area contributed by atoms with Gasteiger partial charge < -0.3 is 4.74 Å². The van der Waals surface area contributed by atoms with Crippen LogP contribution in [0.1, 0.15) is 39.2 Å². The van der Waals surface area contributed by atoms with Gasteiger partial charge in [0.15, 0.2) is 0 Å². The Kier molecular flexibility index (Phi) is 4.97. The minimum Gasteiger partial charge on any atom is -0.378 e. The minimum absolute atomic E-state index is 0.187. The van der Waals surface area contributed by atoms with Gasteiger partial charge in [0, 0.05) is 18.1 Å². The highest BCUT2D eigenvalue weighted by atomic mass is 16.6. The van der Waals surface area contributed by atoms with E-state index in [4.69, 9.17) is 9.57 Å². The Morgan fingerprint density at radius 3 is 2.63 bits per heavy atom. The van der Waals surface area contributed by atoms with Gasteiger partial charge in [0.2, 0.25) is 0 Å². The van der Waals surface area contributed by atoms with Gasteiger partial charge in [0.25, 0.3) is 0 Å². The van der Waals surface area contributed by atoms with Gasteiger partial charge in [-0.2, -0.15) is 5.48 Å². The standard InChI is InChI=1S/C16H25NO2/c1-4-16(3)14(11-15(16)18-5-2)17-19-12-13-9-7-6-8-10-13/h6-10,14-15,17H,4-5,11-12H2,1-3H3. The molecule has 2 rings (SSSR count). The fourth-order valence-electron chi connectivity index (χ4n) is 2.73. The molecule has 0 saturated heterocycles. The number of benzene rings is 1. The number of hydrogen-bond donors (Lipinski definition) is 1. The molecular weight excluding hydrogens is 238 g/mol. The van der Waals surface area contributed by atoms with Crippen LogP contribution in [0.5, 0.6) is 0 Å². The Labute approximate surface area is 116 Å². The number of ether oxygens (including phenoxy) is 1. The number of rotatable bonds is 7. The molecule has 1 fully saturated rings. The summed E-state index contributed by atoms with van der Waals surface area (Å²) in [6.45, 7) is 7.95. The predicted octanol–water partition coefficient (Wildman–Crippen LogP) is 3.30. The molecule has 1 N–H and O–H groups in total. The Morgan fingerprint density at radius 2 is 2.00 bits per heavy atom. The summed E-state index contributed by atoms with van der Waals surface area (Å²) in [5.74, 6) is 0. The molecule has 3 nitrogen and oxygen atoms in total. The summed E-state index contributed by atoms with van der Waals surface area (Å²) in [6, 6.07) is 10.6. The van der Waals surface area contributed by atoms with E-state index in [9.17, 15) is 0 Å². The maximum atomic E-state index is 5.78. The summed E-state index contributed by atoms with van der Waals surface area (Å²) in [7, 11) is 0. The SMILES string of the molecule is CCOC1CC(NOCc2ccccc2)C1(C)CC. The van der Waals surface area contributed by atoms with Crippen molar-refractivity contribution in [3.8, 4) is 0 Å². The second-order valence-corrected chi connectivity index (χ2v) is 5.48. The van der Waals surface area contributed by atoms with Crippen molar-refractivity contribution in [3.05, 3.63) is 35.9 Å². The molecule has 0 radical (unpaired) electrons. The van der Waals surface area contributed by atoms with Gasteiger partial charge in [-0.3, -0.25) is 4.84 Å². The molecule has 1 aromatic carbocycles. The quantitative estimate of drug-likeness (QED) is 0.766. The topological polar surface area (TPSA) is 30.5 Å². The van der Waals surface area contributed by atoms with Crippen LogP contribution >= 0.6 is 0 Å². The Balaban J connectivity index is 1.78. The molecule has 19 heavy (non-hydrogen) atoms. The molecular formula is C16H25NO2. The molecule has 1 aliphatic rings. The van der Waals surface area contributed by atoms with E-state index in [0.717, 1.165) is 19.4 Å². The van der Waals surface area contributed by atoms with E-state index in [-0.39, 0.29) is 5.41 Å². The van der Waals surface area contributed by atoms with Crippen molar-refractivity contribution in [2.75, 3.05) is 6.61 Å². The van der Waals surface area contributed by atoms with Crippen LogP contribution in [-0.4, -0.2) is 18.8 Å². The fraction of sp³-hybridized carbons (Fsp3) is 0.625. The van der Waals surface area contributed by atoms with Gasteiger partial charge in [-0.1, -0.05) is 44.2 Å². The van der Waals surface area contributed by atoms with E-state index in [0.29, 0.717) is 18.8 Å². The molecule has 0 amide bonds.